The minimum atomic E-state index is -0.291. The van der Waals surface area contributed by atoms with Gasteiger partial charge in [0.25, 0.3) is 5.91 Å². The van der Waals surface area contributed by atoms with E-state index in [0.29, 0.717) is 16.8 Å². The number of rotatable bonds is 4. The number of hydrogen-bond acceptors (Lipinski definition) is 4. The van der Waals surface area contributed by atoms with Crippen LogP contribution in [0, 0.1) is 11.3 Å². The van der Waals surface area contributed by atoms with Crippen LogP contribution in [0.4, 0.5) is 11.4 Å². The molecular formula is C29H24N4OS. The highest BCUT2D eigenvalue weighted by atomic mass is 32.1. The number of carbonyl (C=O) groups is 1. The van der Waals surface area contributed by atoms with E-state index in [1.807, 2.05) is 18.2 Å². The van der Waals surface area contributed by atoms with Crippen molar-refractivity contribution in [3.05, 3.63) is 107 Å². The van der Waals surface area contributed by atoms with Crippen molar-refractivity contribution in [2.24, 2.45) is 0 Å². The summed E-state index contributed by atoms with van der Waals surface area (Å²) in [7, 11) is 0. The summed E-state index contributed by atoms with van der Waals surface area (Å²) in [5.74, 6) is -0.291. The number of amides is 1. The van der Waals surface area contributed by atoms with E-state index in [-0.39, 0.29) is 11.0 Å². The van der Waals surface area contributed by atoms with Crippen LogP contribution in [0.15, 0.2) is 84.9 Å². The van der Waals surface area contributed by atoms with E-state index in [2.05, 4.69) is 64.1 Å². The fourth-order valence-electron chi connectivity index (χ4n) is 4.63. The van der Waals surface area contributed by atoms with Crippen LogP contribution >= 0.6 is 12.2 Å². The van der Waals surface area contributed by atoms with Crippen LogP contribution in [0.1, 0.15) is 33.5 Å². The Morgan fingerprint density at radius 2 is 1.74 bits per heavy atom. The molecule has 0 radical (unpaired) electrons. The predicted molar refractivity (Wildman–Crippen MR) is 145 cm³/mol. The molecular weight excluding hydrogens is 452 g/mol. The molecule has 5 rings (SSSR count). The van der Waals surface area contributed by atoms with Gasteiger partial charge in [0.05, 0.1) is 11.3 Å². The number of benzene rings is 4. The lowest BCUT2D eigenvalue weighted by atomic mass is 9.94. The van der Waals surface area contributed by atoms with Crippen molar-refractivity contribution in [2.45, 2.75) is 19.4 Å². The van der Waals surface area contributed by atoms with Crippen molar-refractivity contribution in [1.82, 2.24) is 5.32 Å². The number of nitriles is 1. The van der Waals surface area contributed by atoms with E-state index in [1.54, 1.807) is 24.3 Å². The van der Waals surface area contributed by atoms with Crippen LogP contribution in [0.5, 0.6) is 0 Å². The Bertz CT molecular complexity index is 1460. The highest BCUT2D eigenvalue weighted by Gasteiger charge is 2.22. The number of nitrogens with one attached hydrogen (secondary N) is 2. The first-order valence-electron chi connectivity index (χ1n) is 11.6. The smallest absolute Gasteiger partial charge is 0.257 e. The molecule has 0 fully saturated rings. The molecule has 2 N–H and O–H groups in total. The third-order valence-electron chi connectivity index (χ3n) is 6.29. The molecule has 0 bridgehead atoms. The number of hydrogen-bond donors (Lipinski definition) is 2. The van der Waals surface area contributed by atoms with Gasteiger partial charge in [0.1, 0.15) is 6.07 Å². The van der Waals surface area contributed by atoms with Crippen LogP contribution in [0.2, 0.25) is 0 Å². The van der Waals surface area contributed by atoms with Gasteiger partial charge in [-0.15, -0.1) is 0 Å². The van der Waals surface area contributed by atoms with Crippen molar-refractivity contribution in [3.8, 4) is 6.07 Å². The standard InChI is InChI=1S/C29H24N4OS/c30-18-25-24-11-6-16-33(19-20-12-13-21-7-4-5-10-23(21)17-20)27(24)15-14-26(25)31-29(35)32-28(34)22-8-2-1-3-9-22/h1-5,7-10,12-15,17H,6,11,16,19H2,(H2,31,32,34,35). The van der Waals surface area contributed by atoms with Crippen LogP contribution in [-0.2, 0) is 13.0 Å². The van der Waals surface area contributed by atoms with Crippen molar-refractivity contribution in [2.75, 3.05) is 16.8 Å². The zero-order chi connectivity index (χ0) is 24.2. The zero-order valence-corrected chi connectivity index (χ0v) is 19.9. The molecule has 4 aromatic carbocycles. The maximum atomic E-state index is 12.4. The van der Waals surface area contributed by atoms with Gasteiger partial charge in [-0.25, -0.2) is 0 Å². The second kappa shape index (κ2) is 9.96. The zero-order valence-electron chi connectivity index (χ0n) is 19.1. The average molecular weight is 477 g/mol. The minimum absolute atomic E-state index is 0.166. The number of fused-ring (bicyclic) bond motifs is 2. The van der Waals surface area contributed by atoms with Crippen LogP contribution in [-0.4, -0.2) is 17.6 Å². The minimum Gasteiger partial charge on any atom is -0.367 e. The third-order valence-corrected chi connectivity index (χ3v) is 6.50. The number of nitrogens with zero attached hydrogens (tertiary/aromatic N) is 2. The molecule has 0 unspecified atom stereocenters. The quantitative estimate of drug-likeness (QED) is 0.365. The molecule has 0 saturated heterocycles. The molecule has 1 aliphatic heterocycles. The normalized spacial score (nSPS) is 12.5. The summed E-state index contributed by atoms with van der Waals surface area (Å²) in [6.45, 7) is 1.71. The fourth-order valence-corrected chi connectivity index (χ4v) is 4.83. The predicted octanol–water partition coefficient (Wildman–Crippen LogP) is 5.79. The molecule has 6 heteroatoms. The lowest BCUT2D eigenvalue weighted by molar-refractivity contribution is 0.0977. The second-order valence-corrected chi connectivity index (χ2v) is 8.99. The van der Waals surface area contributed by atoms with E-state index in [1.165, 1.54) is 16.3 Å². The largest absolute Gasteiger partial charge is 0.367 e. The first-order valence-corrected chi connectivity index (χ1v) is 12.0. The monoisotopic (exact) mass is 476 g/mol. The molecule has 5 nitrogen and oxygen atoms in total. The van der Waals surface area contributed by atoms with Crippen LogP contribution < -0.4 is 15.5 Å². The summed E-state index contributed by atoms with van der Waals surface area (Å²) in [5.41, 5.74) is 5.03. The highest BCUT2D eigenvalue weighted by molar-refractivity contribution is 7.80. The van der Waals surface area contributed by atoms with Gasteiger partial charge < -0.3 is 10.2 Å². The Morgan fingerprint density at radius 1 is 0.971 bits per heavy atom. The molecule has 0 aliphatic carbocycles. The van der Waals surface area contributed by atoms with Gasteiger partial charge in [0, 0.05) is 24.3 Å². The number of thiocarbonyl (C=S) groups is 1. The van der Waals surface area contributed by atoms with Gasteiger partial charge >= 0.3 is 0 Å². The Balaban J connectivity index is 1.36. The van der Waals surface area contributed by atoms with Crippen molar-refractivity contribution in [3.63, 3.8) is 0 Å². The summed E-state index contributed by atoms with van der Waals surface area (Å²) in [6.07, 6.45) is 1.79. The summed E-state index contributed by atoms with van der Waals surface area (Å²) in [5, 5.41) is 18.4. The summed E-state index contributed by atoms with van der Waals surface area (Å²) in [6, 6.07) is 30.1. The van der Waals surface area contributed by atoms with Crippen molar-refractivity contribution >= 4 is 45.4 Å². The van der Waals surface area contributed by atoms with Gasteiger partial charge in [-0.2, -0.15) is 5.26 Å². The van der Waals surface area contributed by atoms with Gasteiger partial charge in [0.2, 0.25) is 0 Å². The van der Waals surface area contributed by atoms with Crippen molar-refractivity contribution in [1.29, 1.82) is 5.26 Å². The van der Waals surface area contributed by atoms with Crippen LogP contribution in [0.25, 0.3) is 10.8 Å². The molecule has 172 valence electrons. The molecule has 35 heavy (non-hydrogen) atoms. The Hall–Kier alpha value is -4.21. The van der Waals surface area contributed by atoms with E-state index in [9.17, 15) is 10.1 Å². The Morgan fingerprint density at radius 3 is 2.54 bits per heavy atom. The van der Waals surface area contributed by atoms with Gasteiger partial charge in [-0.3, -0.25) is 10.1 Å². The molecule has 0 atom stereocenters. The Labute approximate surface area is 210 Å². The maximum Gasteiger partial charge on any atom is 0.257 e. The molecule has 0 saturated carbocycles. The Kier molecular flexibility index (Phi) is 6.42. The lowest BCUT2D eigenvalue weighted by Gasteiger charge is -2.32. The van der Waals surface area contributed by atoms with Gasteiger partial charge in [-0.1, -0.05) is 54.6 Å². The molecule has 0 aromatic heterocycles. The SMILES string of the molecule is N#Cc1c(NC(=S)NC(=O)c2ccccc2)ccc2c1CCCN2Cc1ccc2ccccc2c1. The molecule has 1 heterocycles. The second-order valence-electron chi connectivity index (χ2n) is 8.58. The molecule has 4 aromatic rings. The highest BCUT2D eigenvalue weighted by Crippen LogP contribution is 2.35. The number of carbonyl (C=O) groups excluding carboxylic acids is 1. The fraction of sp³-hybridized carbons (Fsp3) is 0.138. The third kappa shape index (κ3) is 4.86. The van der Waals surface area contributed by atoms with E-state index >= 15 is 0 Å². The van der Waals surface area contributed by atoms with E-state index < -0.39 is 0 Å². The summed E-state index contributed by atoms with van der Waals surface area (Å²) in [4.78, 5) is 14.8. The first-order chi connectivity index (χ1) is 17.1. The molecule has 1 aliphatic rings. The van der Waals surface area contributed by atoms with Gasteiger partial charge in [0.15, 0.2) is 5.11 Å². The lowest BCUT2D eigenvalue weighted by Crippen LogP contribution is -2.34. The molecule has 0 spiro atoms. The van der Waals surface area contributed by atoms with E-state index in [4.69, 9.17) is 12.2 Å². The van der Waals surface area contributed by atoms with E-state index in [0.717, 1.165) is 37.2 Å². The van der Waals surface area contributed by atoms with Crippen LogP contribution in [0.3, 0.4) is 0 Å². The maximum absolute atomic E-state index is 12.4. The first kappa shape index (κ1) is 22.6. The van der Waals surface area contributed by atoms with Gasteiger partial charge in [-0.05, 0) is 77.3 Å². The topological polar surface area (TPSA) is 68.2 Å². The average Bonchev–Trinajstić information content (AvgIpc) is 2.89. The number of anilines is 2. The summed E-state index contributed by atoms with van der Waals surface area (Å²) < 4.78 is 0. The summed E-state index contributed by atoms with van der Waals surface area (Å²) >= 11 is 5.36. The van der Waals surface area contributed by atoms with Crippen molar-refractivity contribution < 1.29 is 4.79 Å². The molecule has 1 amide bonds.